The van der Waals surface area contributed by atoms with E-state index in [-0.39, 0.29) is 54.0 Å². The smallest absolute Gasteiger partial charge is 0.343 e. The first kappa shape index (κ1) is 76.6. The van der Waals surface area contributed by atoms with Crippen LogP contribution in [0, 0.1) is 37.5 Å². The van der Waals surface area contributed by atoms with E-state index in [0.717, 1.165) is 21.3 Å². The molecule has 9 rings (SSSR count). The van der Waals surface area contributed by atoms with E-state index in [1.54, 1.807) is 79.7 Å². The summed E-state index contributed by atoms with van der Waals surface area (Å²) in [7, 11) is 5.52. The van der Waals surface area contributed by atoms with Gasteiger partial charge in [-0.25, -0.2) is 19.4 Å². The highest BCUT2D eigenvalue weighted by Gasteiger charge is 2.47. The van der Waals surface area contributed by atoms with E-state index in [4.69, 9.17) is 29.3 Å². The van der Waals surface area contributed by atoms with Gasteiger partial charge in [0.2, 0.25) is 52.7 Å². The highest BCUT2D eigenvalue weighted by atomic mass is 16.6. The molecule has 0 saturated carbocycles. The van der Waals surface area contributed by atoms with Crippen molar-refractivity contribution in [3.8, 4) is 17.2 Å². The number of anilines is 1. The first-order valence-electron chi connectivity index (χ1n) is 34.6. The second-order valence-corrected chi connectivity index (χ2v) is 28.6. The third kappa shape index (κ3) is 15.5. The number of nitrogens with one attached hydrogen (secondary N) is 4. The fraction of sp³-hybridized carbons (Fsp3) is 0.521. The number of cyclic esters (lactones) is 2. The molecule has 4 fully saturated rings. The molecular formula is C73H92N12O18. The predicted octanol–water partition coefficient (Wildman–Crippen LogP) is 3.10. The van der Waals surface area contributed by atoms with Gasteiger partial charge in [-0.05, 0) is 106 Å². The highest BCUT2D eigenvalue weighted by molar-refractivity contribution is 6.11. The molecule has 1 aliphatic carbocycles. The molecule has 103 heavy (non-hydrogen) atoms. The number of amides is 10. The summed E-state index contributed by atoms with van der Waals surface area (Å²) in [6.07, 6.45) is -1.98. The van der Waals surface area contributed by atoms with Crippen LogP contribution in [0.25, 0.3) is 33.3 Å². The summed E-state index contributed by atoms with van der Waals surface area (Å²) in [6, 6.07) is 1.82. The molecule has 10 unspecified atom stereocenters. The third-order valence-electron chi connectivity index (χ3n) is 19.8. The minimum Gasteiger partial charge on any atom is -0.458 e. The molecule has 0 bridgehead atoms. The minimum atomic E-state index is -1.96. The van der Waals surface area contributed by atoms with Crippen LogP contribution in [0.3, 0.4) is 0 Å². The Morgan fingerprint density at radius 3 is 1.53 bits per heavy atom. The number of ether oxygens (including phenoxy) is 3. The van der Waals surface area contributed by atoms with E-state index < -0.39 is 213 Å². The van der Waals surface area contributed by atoms with Gasteiger partial charge in [-0.2, -0.15) is 0 Å². The van der Waals surface area contributed by atoms with Crippen molar-refractivity contribution in [2.24, 2.45) is 23.7 Å². The fourth-order valence-corrected chi connectivity index (χ4v) is 13.9. The van der Waals surface area contributed by atoms with Gasteiger partial charge in [-0.3, -0.25) is 52.7 Å². The molecule has 0 spiro atoms. The minimum absolute atomic E-state index is 0.00705. The van der Waals surface area contributed by atoms with Crippen molar-refractivity contribution in [1.82, 2.24) is 55.7 Å². The van der Waals surface area contributed by atoms with Crippen LogP contribution < -0.4 is 37.2 Å². The average molecular weight is 1430 g/mol. The molecule has 0 aromatic heterocycles. The number of rotatable bonds is 10. The molecule has 0 radical (unpaired) electrons. The monoisotopic (exact) mass is 1420 g/mol. The van der Waals surface area contributed by atoms with Gasteiger partial charge in [0.05, 0.1) is 35.5 Å². The number of esters is 3. The van der Waals surface area contributed by atoms with Crippen LogP contribution in [0.4, 0.5) is 5.69 Å². The van der Waals surface area contributed by atoms with E-state index in [0.29, 0.717) is 18.2 Å². The van der Waals surface area contributed by atoms with Crippen LogP contribution in [-0.4, -0.2) is 226 Å². The zero-order valence-electron chi connectivity index (χ0n) is 60.9. The zero-order valence-corrected chi connectivity index (χ0v) is 60.9. The fourth-order valence-electron chi connectivity index (χ4n) is 13.9. The number of aryl methyl sites for hydroxylation is 1. The Bertz CT molecular complexity index is 4300. The maximum atomic E-state index is 15.8. The molecular weight excluding hydrogens is 1330 g/mol. The summed E-state index contributed by atoms with van der Waals surface area (Å²) in [6.45, 7) is 17.8. The summed E-state index contributed by atoms with van der Waals surface area (Å²) in [4.78, 5) is 217. The van der Waals surface area contributed by atoms with Gasteiger partial charge in [-0.15, -0.1) is 0 Å². The lowest BCUT2D eigenvalue weighted by Gasteiger charge is -2.36. The van der Waals surface area contributed by atoms with Crippen LogP contribution in [0.1, 0.15) is 137 Å². The van der Waals surface area contributed by atoms with Crippen molar-refractivity contribution in [3.63, 3.8) is 0 Å². The van der Waals surface area contributed by atoms with Crippen molar-refractivity contribution in [1.29, 1.82) is 0 Å². The summed E-state index contributed by atoms with van der Waals surface area (Å²) < 4.78 is 24.7. The first-order valence-corrected chi connectivity index (χ1v) is 34.6. The first-order chi connectivity index (χ1) is 48.4. The Hall–Kier alpha value is -10.5. The number of nitrogens with two attached hydrogens (primary N) is 1. The molecule has 3 aromatic rings. The Labute approximate surface area is 595 Å². The van der Waals surface area contributed by atoms with Crippen LogP contribution in [0.2, 0.25) is 0 Å². The van der Waals surface area contributed by atoms with E-state index >= 15 is 19.2 Å². The number of nitrogen functional groups attached to an aromatic ring is 1. The largest absolute Gasteiger partial charge is 0.458 e. The molecule has 4 saturated heterocycles. The van der Waals surface area contributed by atoms with Crippen molar-refractivity contribution in [2.45, 2.75) is 169 Å². The van der Waals surface area contributed by atoms with Crippen LogP contribution in [0.15, 0.2) is 57.7 Å². The Balaban J connectivity index is 1.20. The molecule has 5 aliphatic heterocycles. The Kier molecular flexibility index (Phi) is 23.0. The van der Waals surface area contributed by atoms with Gasteiger partial charge >= 0.3 is 17.9 Å². The second-order valence-electron chi connectivity index (χ2n) is 28.6. The summed E-state index contributed by atoms with van der Waals surface area (Å²) in [5.74, 6) is -14.7. The number of carbonyl (C=O) groups excluding carboxylic acids is 13. The van der Waals surface area contributed by atoms with E-state index in [1.165, 1.54) is 81.6 Å². The molecule has 30 nitrogen and oxygen atoms in total. The summed E-state index contributed by atoms with van der Waals surface area (Å²) in [5, 5.41) is 12.1. The molecule has 10 amide bonds. The number of aromatic nitrogens is 1. The maximum absolute atomic E-state index is 15.8. The third-order valence-corrected chi connectivity index (χ3v) is 19.8. The Morgan fingerprint density at radius 2 is 1.07 bits per heavy atom. The van der Waals surface area contributed by atoms with Crippen molar-refractivity contribution in [2.75, 3.05) is 60.1 Å². The second kappa shape index (κ2) is 31.0. The topological polar surface area (TPSA) is 386 Å². The number of fused-ring (bicyclic) bond motifs is 5. The van der Waals surface area contributed by atoms with Crippen molar-refractivity contribution in [3.05, 3.63) is 86.6 Å². The van der Waals surface area contributed by atoms with Gasteiger partial charge in [0.25, 0.3) is 11.8 Å². The van der Waals surface area contributed by atoms with Gasteiger partial charge in [0.15, 0.2) is 11.3 Å². The normalized spacial score (nSPS) is 24.3. The standard InChI is InChI=1S/C73H92N12O18/c1-33(2)52-69(95)84-27-19-23-45(84)67(93)80(13)31-48(86)82(15)58(35(5)6)72(98)100-39(11)54(65(91)76-52)78-63(89)44-30-47(102-71(97)43-26-25-41-21-17-18-22-42(41)29-43)37(9)61-56(44)75-57-50(51(74)60(88)38(10)62(57)103-61)64(90)79-55-40(12)101-73(99)59(36(7)8)83(16)49(87)32-81(14)68(94)46-24-20-28-85(46)70(96)53(34(3)4)77-66(55)92/h17-18,21-22,25-26,29-30,33-36,39-40,45-46,52-55,58-59H,19-20,23-24,27-28,31-32,74H2,1-16H3,(H,76,91)(H,77,92)(H,78,89)(H,79,90). The van der Waals surface area contributed by atoms with Gasteiger partial charge in [-0.1, -0.05) is 85.7 Å². The molecule has 10 atom stereocenters. The maximum Gasteiger partial charge on any atom is 0.343 e. The lowest BCUT2D eigenvalue weighted by Crippen LogP contribution is -2.61. The molecule has 6 aliphatic rings. The molecule has 552 valence electrons. The average Bonchev–Trinajstić information content (AvgIpc) is 1.12. The number of benzene rings is 4. The molecule has 6 N–H and O–H groups in total. The Morgan fingerprint density at radius 1 is 0.602 bits per heavy atom. The van der Waals surface area contributed by atoms with E-state index in [2.05, 4.69) is 21.3 Å². The summed E-state index contributed by atoms with van der Waals surface area (Å²) in [5.41, 5.74) is 2.19. The number of carbonyl (C=O) groups is 13. The van der Waals surface area contributed by atoms with E-state index in [1.807, 2.05) is 12.1 Å². The van der Waals surface area contributed by atoms with Crippen LogP contribution in [0.5, 0.6) is 5.75 Å². The SMILES string of the molecule is Cc1c2oc3c(C)c(OC(=O)c4ccc5ccccc5c4)cc(C(=O)NC4C(=O)NC(C(C)C)C(=O)N5CCCC5C(=O)N(C)CC(=O)N(C)C(C(C)C)C(=O)OC4C)c3nc-2c(C(=O)NC2C(=O)NC(C(C)C)C(=O)N3CCCC3C(=O)N(C)CC(=O)N(C)C(C(C)C)C(=O)OC2C)c(N)c1=O. The van der Waals surface area contributed by atoms with Crippen molar-refractivity contribution < 1.29 is 81.0 Å². The molecule has 30 heteroatoms. The molecule has 3 aromatic carbocycles. The van der Waals surface area contributed by atoms with Crippen LogP contribution in [-0.2, 0) is 57.4 Å². The lowest BCUT2D eigenvalue weighted by atomic mass is 9.98. The number of likely N-dealkylation sites (N-methyl/N-ethyl adjacent to an activating group) is 4. The molecule has 5 heterocycles. The van der Waals surface area contributed by atoms with Crippen LogP contribution >= 0.6 is 0 Å². The zero-order chi connectivity index (χ0) is 75.8. The van der Waals surface area contributed by atoms with Gasteiger partial charge in [0, 0.05) is 52.4 Å². The number of hydrogen-bond donors (Lipinski definition) is 5. The van der Waals surface area contributed by atoms with E-state index in [9.17, 15) is 47.9 Å². The quantitative estimate of drug-likeness (QED) is 0.0580. The van der Waals surface area contributed by atoms with Gasteiger partial charge in [0.1, 0.15) is 77.5 Å². The number of hydrogen-bond acceptors (Lipinski definition) is 20. The van der Waals surface area contributed by atoms with Gasteiger partial charge < -0.3 is 75.0 Å². The number of nitrogens with zero attached hydrogens (tertiary/aromatic N) is 7. The van der Waals surface area contributed by atoms with Crippen molar-refractivity contribution >= 4 is 105 Å². The summed E-state index contributed by atoms with van der Waals surface area (Å²) >= 11 is 0. The predicted molar refractivity (Wildman–Crippen MR) is 374 cm³/mol. The lowest BCUT2D eigenvalue weighted by molar-refractivity contribution is -0.163. The highest BCUT2D eigenvalue weighted by Crippen LogP contribution is 2.39.